The lowest BCUT2D eigenvalue weighted by Crippen LogP contribution is -2.20. The highest BCUT2D eigenvalue weighted by atomic mass is 16.3. The summed E-state index contributed by atoms with van der Waals surface area (Å²) < 4.78 is 0. The summed E-state index contributed by atoms with van der Waals surface area (Å²) in [5.41, 5.74) is 3.62. The van der Waals surface area contributed by atoms with Gasteiger partial charge in [0.1, 0.15) is 6.23 Å². The third-order valence-electron chi connectivity index (χ3n) is 3.20. The maximum atomic E-state index is 9.67. The van der Waals surface area contributed by atoms with E-state index in [2.05, 4.69) is 71.6 Å². The molecule has 106 valence electrons. The molecule has 1 aromatic rings. The van der Waals surface area contributed by atoms with Gasteiger partial charge in [0.2, 0.25) is 0 Å². The molecule has 0 amide bonds. The summed E-state index contributed by atoms with van der Waals surface area (Å²) in [4.78, 5) is 0. The lowest BCUT2D eigenvalue weighted by Gasteiger charge is -2.26. The fourth-order valence-electron chi connectivity index (χ4n) is 1.81. The van der Waals surface area contributed by atoms with Crippen LogP contribution in [0.2, 0.25) is 0 Å². The Morgan fingerprint density at radius 2 is 1.42 bits per heavy atom. The second-order valence-electron chi connectivity index (χ2n) is 7.12. The Labute approximate surface area is 117 Å². The van der Waals surface area contributed by atoms with E-state index in [-0.39, 0.29) is 10.8 Å². The number of anilines is 1. The van der Waals surface area contributed by atoms with Gasteiger partial charge in [0.05, 0.1) is 0 Å². The fourth-order valence-corrected chi connectivity index (χ4v) is 1.81. The zero-order valence-electron chi connectivity index (χ0n) is 13.0. The van der Waals surface area contributed by atoms with Crippen LogP contribution in [0.5, 0.6) is 0 Å². The van der Waals surface area contributed by atoms with E-state index in [0.717, 1.165) is 5.69 Å². The molecule has 0 aliphatic heterocycles. The third kappa shape index (κ3) is 4.39. The van der Waals surface area contributed by atoms with Gasteiger partial charge in [0.15, 0.2) is 0 Å². The van der Waals surface area contributed by atoms with E-state index in [1.165, 1.54) is 17.2 Å². The minimum absolute atomic E-state index is 0.0802. The number of rotatable bonds is 3. The molecule has 0 aliphatic rings. The molecule has 1 atom stereocenters. The lowest BCUT2D eigenvalue weighted by atomic mass is 9.80. The quantitative estimate of drug-likeness (QED) is 0.631. The van der Waals surface area contributed by atoms with Crippen LogP contribution < -0.4 is 5.32 Å². The summed E-state index contributed by atoms with van der Waals surface area (Å²) in [6, 6.07) is 6.45. The van der Waals surface area contributed by atoms with E-state index < -0.39 is 6.23 Å². The van der Waals surface area contributed by atoms with Crippen LogP contribution in [0, 0.1) is 0 Å². The maximum Gasteiger partial charge on any atom is 0.143 e. The molecule has 0 fully saturated rings. The molecule has 0 aliphatic carbocycles. The molecule has 0 aromatic heterocycles. The van der Waals surface area contributed by atoms with Gasteiger partial charge in [-0.25, -0.2) is 0 Å². The maximum absolute atomic E-state index is 9.67. The number of aliphatic hydroxyl groups is 1. The van der Waals surface area contributed by atoms with Gasteiger partial charge < -0.3 is 10.4 Å². The average molecular weight is 261 g/mol. The van der Waals surface area contributed by atoms with Crippen LogP contribution >= 0.6 is 0 Å². The highest BCUT2D eigenvalue weighted by Crippen LogP contribution is 2.32. The Morgan fingerprint density at radius 1 is 1.00 bits per heavy atom. The Hall–Kier alpha value is -1.28. The SMILES string of the molecule is C=CC(O)Nc1cc(C(C)(C)C)cc(C(C)(C)C)c1. The molecule has 2 N–H and O–H groups in total. The predicted octanol–water partition coefficient (Wildman–Crippen LogP) is 4.20. The van der Waals surface area contributed by atoms with Crippen molar-refractivity contribution in [2.45, 2.75) is 58.6 Å². The standard InChI is InChI=1S/C17H27NO/c1-8-15(19)18-14-10-12(16(2,3)4)9-13(11-14)17(5,6)7/h8-11,15,18-19H,1H2,2-7H3. The Morgan fingerprint density at radius 3 is 1.74 bits per heavy atom. The van der Waals surface area contributed by atoms with Crippen LogP contribution in [0.25, 0.3) is 0 Å². The van der Waals surface area contributed by atoms with E-state index >= 15 is 0 Å². The van der Waals surface area contributed by atoms with Crippen molar-refractivity contribution in [3.63, 3.8) is 0 Å². The molecule has 0 spiro atoms. The Bertz CT molecular complexity index is 417. The zero-order chi connectivity index (χ0) is 14.8. The van der Waals surface area contributed by atoms with Crippen molar-refractivity contribution < 1.29 is 5.11 Å². The molecule has 0 bridgehead atoms. The summed E-state index contributed by atoms with van der Waals surface area (Å²) in [6.07, 6.45) is 0.767. The molecule has 19 heavy (non-hydrogen) atoms. The third-order valence-corrected chi connectivity index (χ3v) is 3.20. The smallest absolute Gasteiger partial charge is 0.143 e. The molecule has 0 heterocycles. The van der Waals surface area contributed by atoms with Gasteiger partial charge in [-0.1, -0.05) is 54.2 Å². The molecular formula is C17H27NO. The van der Waals surface area contributed by atoms with E-state index in [1.807, 2.05) is 0 Å². The molecule has 2 nitrogen and oxygen atoms in total. The van der Waals surface area contributed by atoms with Gasteiger partial charge in [-0.05, 0) is 40.2 Å². The summed E-state index contributed by atoms with van der Waals surface area (Å²) in [5.74, 6) is 0. The molecule has 0 radical (unpaired) electrons. The largest absolute Gasteiger partial charge is 0.370 e. The van der Waals surface area contributed by atoms with Crippen molar-refractivity contribution in [1.29, 1.82) is 0 Å². The first kappa shape index (κ1) is 15.8. The first-order valence-corrected chi connectivity index (χ1v) is 6.77. The second-order valence-corrected chi connectivity index (χ2v) is 7.12. The summed E-state index contributed by atoms with van der Waals surface area (Å²) >= 11 is 0. The van der Waals surface area contributed by atoms with Crippen molar-refractivity contribution in [3.8, 4) is 0 Å². The molecule has 0 saturated carbocycles. The van der Waals surface area contributed by atoms with Crippen molar-refractivity contribution in [1.82, 2.24) is 0 Å². The molecule has 1 unspecified atom stereocenters. The second kappa shape index (κ2) is 5.38. The summed E-state index contributed by atoms with van der Waals surface area (Å²) in [7, 11) is 0. The molecule has 0 saturated heterocycles. The minimum Gasteiger partial charge on any atom is -0.370 e. The van der Waals surface area contributed by atoms with Crippen LogP contribution in [0.15, 0.2) is 30.9 Å². The number of nitrogens with one attached hydrogen (secondary N) is 1. The number of aliphatic hydroxyl groups excluding tert-OH is 1. The summed E-state index contributed by atoms with van der Waals surface area (Å²) in [6.45, 7) is 16.8. The molecule has 1 aromatic carbocycles. The fraction of sp³-hybridized carbons (Fsp3) is 0.529. The molecule has 1 rings (SSSR count). The van der Waals surface area contributed by atoms with Gasteiger partial charge >= 0.3 is 0 Å². The van der Waals surface area contributed by atoms with Crippen LogP contribution in [0.1, 0.15) is 52.7 Å². The predicted molar refractivity (Wildman–Crippen MR) is 83.7 cm³/mol. The number of hydrogen-bond acceptors (Lipinski definition) is 2. The van der Waals surface area contributed by atoms with Crippen LogP contribution in [-0.4, -0.2) is 11.3 Å². The average Bonchev–Trinajstić information content (AvgIpc) is 2.26. The molecule has 2 heteroatoms. The van der Waals surface area contributed by atoms with Crippen LogP contribution in [0.4, 0.5) is 5.69 Å². The zero-order valence-corrected chi connectivity index (χ0v) is 13.0. The lowest BCUT2D eigenvalue weighted by molar-refractivity contribution is 0.253. The van der Waals surface area contributed by atoms with Crippen LogP contribution in [0.3, 0.4) is 0 Å². The van der Waals surface area contributed by atoms with Crippen molar-refractivity contribution in [3.05, 3.63) is 42.0 Å². The van der Waals surface area contributed by atoms with E-state index in [1.54, 1.807) is 0 Å². The molecular weight excluding hydrogens is 234 g/mol. The first-order valence-electron chi connectivity index (χ1n) is 6.77. The normalized spacial score (nSPS) is 14.1. The van der Waals surface area contributed by atoms with E-state index in [4.69, 9.17) is 0 Å². The van der Waals surface area contributed by atoms with Gasteiger partial charge in [-0.2, -0.15) is 0 Å². The van der Waals surface area contributed by atoms with Crippen molar-refractivity contribution >= 4 is 5.69 Å². The highest BCUT2D eigenvalue weighted by Gasteiger charge is 2.20. The van der Waals surface area contributed by atoms with Gasteiger partial charge in [0.25, 0.3) is 0 Å². The monoisotopic (exact) mass is 261 g/mol. The van der Waals surface area contributed by atoms with Crippen molar-refractivity contribution in [2.24, 2.45) is 0 Å². The van der Waals surface area contributed by atoms with E-state index in [0.29, 0.717) is 0 Å². The Balaban J connectivity index is 3.28. The summed E-state index contributed by atoms with van der Waals surface area (Å²) in [5, 5.41) is 12.7. The number of benzene rings is 1. The Kier molecular flexibility index (Phi) is 4.46. The van der Waals surface area contributed by atoms with E-state index in [9.17, 15) is 5.11 Å². The minimum atomic E-state index is -0.719. The highest BCUT2D eigenvalue weighted by molar-refractivity contribution is 5.52. The number of hydrogen-bond donors (Lipinski definition) is 2. The van der Waals surface area contributed by atoms with Crippen LogP contribution in [-0.2, 0) is 10.8 Å². The van der Waals surface area contributed by atoms with Gasteiger partial charge in [0, 0.05) is 5.69 Å². The van der Waals surface area contributed by atoms with Crippen molar-refractivity contribution in [2.75, 3.05) is 5.32 Å². The van der Waals surface area contributed by atoms with Gasteiger partial charge in [-0.15, -0.1) is 0 Å². The van der Waals surface area contributed by atoms with Gasteiger partial charge in [-0.3, -0.25) is 0 Å². The topological polar surface area (TPSA) is 32.3 Å². The first-order chi connectivity index (χ1) is 8.54.